The van der Waals surface area contributed by atoms with Gasteiger partial charge in [-0.1, -0.05) is 24.6 Å². The van der Waals surface area contributed by atoms with E-state index in [4.69, 9.17) is 5.11 Å². The van der Waals surface area contributed by atoms with E-state index in [0.717, 1.165) is 6.42 Å². The van der Waals surface area contributed by atoms with Crippen LogP contribution in [-0.4, -0.2) is 42.1 Å². The highest BCUT2D eigenvalue weighted by Crippen LogP contribution is 2.16. The van der Waals surface area contributed by atoms with Gasteiger partial charge in [-0.05, 0) is 43.9 Å². The van der Waals surface area contributed by atoms with Crippen LogP contribution in [0.1, 0.15) is 29.2 Å². The van der Waals surface area contributed by atoms with Crippen LogP contribution < -0.4 is 5.32 Å². The van der Waals surface area contributed by atoms with Crippen LogP contribution in [0.5, 0.6) is 0 Å². The number of urea groups is 1. The Morgan fingerprint density at radius 3 is 2.27 bits per heavy atom. The first-order chi connectivity index (χ1) is 10.2. The van der Waals surface area contributed by atoms with Crippen molar-refractivity contribution in [1.29, 1.82) is 0 Å². The van der Waals surface area contributed by atoms with Gasteiger partial charge >= 0.3 is 12.0 Å². The first-order valence-corrected chi connectivity index (χ1v) is 7.50. The molecule has 1 atom stereocenters. The number of carbonyl (C=O) groups excluding carboxylic acids is 1. The van der Waals surface area contributed by atoms with E-state index in [1.54, 1.807) is 14.0 Å². The molecule has 0 saturated heterocycles. The van der Waals surface area contributed by atoms with Gasteiger partial charge in [0, 0.05) is 20.1 Å². The maximum atomic E-state index is 11.9. The number of amides is 2. The summed E-state index contributed by atoms with van der Waals surface area (Å²) in [6, 6.07) is 4.05. The average Bonchev–Trinajstić information content (AvgIpc) is 2.40. The number of hydrogen-bond acceptors (Lipinski definition) is 2. The summed E-state index contributed by atoms with van der Waals surface area (Å²) in [5.74, 6) is -1.47. The molecule has 0 saturated carbocycles. The van der Waals surface area contributed by atoms with Gasteiger partial charge in [0.1, 0.15) is 0 Å². The molecule has 5 nitrogen and oxygen atoms in total. The van der Waals surface area contributed by atoms with E-state index in [9.17, 15) is 9.59 Å². The SMILES string of the molecule is Cc1cc(C)c(CCNC(=O)N(C)CC(C)C(=O)O)c(C)c1. The van der Waals surface area contributed by atoms with Crippen molar-refractivity contribution in [2.45, 2.75) is 34.1 Å². The molecule has 0 aromatic heterocycles. The van der Waals surface area contributed by atoms with E-state index in [-0.39, 0.29) is 12.6 Å². The third-order valence-electron chi connectivity index (χ3n) is 3.81. The molecule has 1 aromatic rings. The number of benzene rings is 1. The molecule has 0 aliphatic carbocycles. The lowest BCUT2D eigenvalue weighted by Crippen LogP contribution is -2.41. The van der Waals surface area contributed by atoms with Crippen molar-refractivity contribution in [1.82, 2.24) is 10.2 Å². The highest BCUT2D eigenvalue weighted by molar-refractivity contribution is 5.75. The zero-order valence-corrected chi connectivity index (χ0v) is 14.1. The highest BCUT2D eigenvalue weighted by atomic mass is 16.4. The largest absolute Gasteiger partial charge is 0.481 e. The van der Waals surface area contributed by atoms with Crippen molar-refractivity contribution in [2.24, 2.45) is 5.92 Å². The first kappa shape index (κ1) is 18.0. The Kier molecular flexibility index (Phi) is 6.40. The molecular formula is C17H26N2O3. The number of carbonyl (C=O) groups is 2. The smallest absolute Gasteiger partial charge is 0.317 e. The standard InChI is InChI=1S/C17H26N2O3/c1-11-8-12(2)15(13(3)9-11)6-7-18-17(22)19(5)10-14(4)16(20)21/h8-9,14H,6-7,10H2,1-5H3,(H,18,22)(H,20,21). The molecule has 1 unspecified atom stereocenters. The molecule has 2 N–H and O–H groups in total. The summed E-state index contributed by atoms with van der Waals surface area (Å²) in [6.07, 6.45) is 0.770. The monoisotopic (exact) mass is 306 g/mol. The minimum atomic E-state index is -0.898. The number of nitrogens with one attached hydrogen (secondary N) is 1. The molecule has 0 heterocycles. The Labute approximate surface area is 132 Å². The Morgan fingerprint density at radius 2 is 1.77 bits per heavy atom. The molecular weight excluding hydrogens is 280 g/mol. The molecule has 122 valence electrons. The lowest BCUT2D eigenvalue weighted by molar-refractivity contribution is -0.141. The molecule has 0 aliphatic rings. The van der Waals surface area contributed by atoms with Crippen molar-refractivity contribution < 1.29 is 14.7 Å². The topological polar surface area (TPSA) is 69.6 Å². The minimum absolute atomic E-state index is 0.198. The fraction of sp³-hybridized carbons (Fsp3) is 0.529. The lowest BCUT2D eigenvalue weighted by atomic mass is 9.97. The quantitative estimate of drug-likeness (QED) is 0.848. The van der Waals surface area contributed by atoms with Gasteiger partial charge in [-0.15, -0.1) is 0 Å². The molecule has 22 heavy (non-hydrogen) atoms. The number of nitrogens with zero attached hydrogens (tertiary/aromatic N) is 1. The summed E-state index contributed by atoms with van der Waals surface area (Å²) in [4.78, 5) is 24.1. The van der Waals surface area contributed by atoms with Crippen molar-refractivity contribution in [3.05, 3.63) is 34.4 Å². The van der Waals surface area contributed by atoms with Crippen molar-refractivity contribution >= 4 is 12.0 Å². The van der Waals surface area contributed by atoms with Gasteiger partial charge < -0.3 is 15.3 Å². The molecule has 0 bridgehead atoms. The number of carboxylic acids is 1. The minimum Gasteiger partial charge on any atom is -0.481 e. The van der Waals surface area contributed by atoms with Crippen LogP contribution in [0.3, 0.4) is 0 Å². The van der Waals surface area contributed by atoms with Gasteiger partial charge in [0.25, 0.3) is 0 Å². The fourth-order valence-electron chi connectivity index (χ4n) is 2.61. The van der Waals surface area contributed by atoms with Crippen molar-refractivity contribution in [2.75, 3.05) is 20.1 Å². The average molecular weight is 306 g/mol. The summed E-state index contributed by atoms with van der Waals surface area (Å²) < 4.78 is 0. The van der Waals surface area contributed by atoms with Crippen LogP contribution in [0.2, 0.25) is 0 Å². The first-order valence-electron chi connectivity index (χ1n) is 7.50. The summed E-state index contributed by atoms with van der Waals surface area (Å²) in [7, 11) is 1.61. The molecule has 2 amide bonds. The van der Waals surface area contributed by atoms with Crippen LogP contribution in [-0.2, 0) is 11.2 Å². The zero-order valence-electron chi connectivity index (χ0n) is 14.1. The van der Waals surface area contributed by atoms with Gasteiger partial charge in [0.05, 0.1) is 5.92 Å². The van der Waals surface area contributed by atoms with E-state index in [1.165, 1.54) is 27.2 Å². The van der Waals surface area contributed by atoms with E-state index in [0.29, 0.717) is 6.54 Å². The van der Waals surface area contributed by atoms with Crippen LogP contribution in [0.25, 0.3) is 0 Å². The summed E-state index contributed by atoms with van der Waals surface area (Å²) in [6.45, 7) is 8.56. The van der Waals surface area contributed by atoms with Gasteiger partial charge in [0.15, 0.2) is 0 Å². The summed E-state index contributed by atoms with van der Waals surface area (Å²) in [5.41, 5.74) is 4.97. The molecule has 1 rings (SSSR count). The lowest BCUT2D eigenvalue weighted by Gasteiger charge is -2.20. The highest BCUT2D eigenvalue weighted by Gasteiger charge is 2.17. The van der Waals surface area contributed by atoms with E-state index in [1.807, 2.05) is 0 Å². The third-order valence-corrected chi connectivity index (χ3v) is 3.81. The second kappa shape index (κ2) is 7.82. The summed E-state index contributed by atoms with van der Waals surface area (Å²) in [5, 5.41) is 11.7. The molecule has 0 spiro atoms. The van der Waals surface area contributed by atoms with E-state index < -0.39 is 11.9 Å². The predicted octanol–water partition coefficient (Wildman–Crippen LogP) is 2.52. The molecule has 1 aromatic carbocycles. The molecule has 0 aliphatic heterocycles. The van der Waals surface area contributed by atoms with Gasteiger partial charge in [-0.3, -0.25) is 4.79 Å². The second-order valence-corrected chi connectivity index (χ2v) is 5.98. The zero-order chi connectivity index (χ0) is 16.9. The third kappa shape index (κ3) is 5.06. The maximum absolute atomic E-state index is 11.9. The molecule has 5 heteroatoms. The Morgan fingerprint density at radius 1 is 1.23 bits per heavy atom. The van der Waals surface area contributed by atoms with E-state index >= 15 is 0 Å². The van der Waals surface area contributed by atoms with Crippen molar-refractivity contribution in [3.63, 3.8) is 0 Å². The Bertz CT molecular complexity index is 532. The van der Waals surface area contributed by atoms with E-state index in [2.05, 4.69) is 38.2 Å². The Balaban J connectivity index is 2.50. The summed E-state index contributed by atoms with van der Waals surface area (Å²) >= 11 is 0. The van der Waals surface area contributed by atoms with Crippen LogP contribution in [0.4, 0.5) is 4.79 Å². The predicted molar refractivity (Wildman–Crippen MR) is 87.2 cm³/mol. The Hall–Kier alpha value is -2.04. The van der Waals surface area contributed by atoms with Crippen LogP contribution in [0.15, 0.2) is 12.1 Å². The van der Waals surface area contributed by atoms with Gasteiger partial charge in [-0.25, -0.2) is 4.79 Å². The number of carboxylic acid groups (broad SMARTS) is 1. The van der Waals surface area contributed by atoms with Gasteiger partial charge in [-0.2, -0.15) is 0 Å². The van der Waals surface area contributed by atoms with Gasteiger partial charge in [0.2, 0.25) is 0 Å². The van der Waals surface area contributed by atoms with Crippen LogP contribution >= 0.6 is 0 Å². The number of hydrogen-bond donors (Lipinski definition) is 2. The number of rotatable bonds is 6. The normalized spacial score (nSPS) is 11.9. The second-order valence-electron chi connectivity index (χ2n) is 5.98. The fourth-order valence-corrected chi connectivity index (χ4v) is 2.61. The molecule has 0 fully saturated rings. The van der Waals surface area contributed by atoms with Crippen LogP contribution in [0, 0.1) is 26.7 Å². The molecule has 0 radical (unpaired) electrons. The number of aliphatic carboxylic acids is 1. The number of aryl methyl sites for hydroxylation is 3. The maximum Gasteiger partial charge on any atom is 0.317 e. The van der Waals surface area contributed by atoms with Crippen molar-refractivity contribution in [3.8, 4) is 0 Å².